The predicted molar refractivity (Wildman–Crippen MR) is 179 cm³/mol. The minimum absolute atomic E-state index is 0.0279. The highest BCUT2D eigenvalue weighted by Crippen LogP contribution is 2.44. The number of alkyl carbamates (subject to hydrolysis) is 1. The molecular weight excluding hydrogens is 642 g/mol. The Morgan fingerprint density at radius 2 is 1.69 bits per heavy atom. The summed E-state index contributed by atoms with van der Waals surface area (Å²) in [5, 5.41) is 30.6. The van der Waals surface area contributed by atoms with Gasteiger partial charge in [-0.3, -0.25) is 14.6 Å². The Morgan fingerprint density at radius 3 is 2.31 bits per heavy atom. The number of azide groups is 1. The summed E-state index contributed by atoms with van der Waals surface area (Å²) in [7, 11) is 0. The molecule has 10 N–H and O–H groups in total. The first kappa shape index (κ1) is 36.3. The van der Waals surface area contributed by atoms with Gasteiger partial charge in [0, 0.05) is 23.8 Å². The molecule has 0 saturated carbocycles. The van der Waals surface area contributed by atoms with Crippen LogP contribution in [0.25, 0.3) is 21.6 Å². The average molecular weight is 684 g/mol. The Balaban J connectivity index is 1.46. The van der Waals surface area contributed by atoms with Gasteiger partial charge in [0.1, 0.15) is 30.3 Å². The fraction of sp³-hybridized carbons (Fsp3) is 0.484. The second kappa shape index (κ2) is 17.6. The van der Waals surface area contributed by atoms with Crippen molar-refractivity contribution in [3.63, 3.8) is 0 Å². The van der Waals surface area contributed by atoms with Gasteiger partial charge >= 0.3 is 6.09 Å². The molecule has 0 radical (unpaired) electrons. The van der Waals surface area contributed by atoms with Gasteiger partial charge < -0.3 is 47.5 Å². The topological polar surface area (TPSA) is 273 Å². The number of aliphatic hydroxyl groups is 2. The van der Waals surface area contributed by atoms with E-state index in [9.17, 15) is 24.6 Å². The lowest BCUT2D eigenvalue weighted by atomic mass is 9.97. The summed E-state index contributed by atoms with van der Waals surface area (Å²) in [6, 6.07) is 13.5. The quantitative estimate of drug-likeness (QED) is 0.0331. The number of nitrogens with two attached hydrogens (primary N) is 3. The van der Waals surface area contributed by atoms with Crippen LogP contribution in [0.3, 0.4) is 0 Å². The fourth-order valence-corrected chi connectivity index (χ4v) is 6.96. The number of primary amides is 1. The number of carbonyl (C=O) groups is 3. The van der Waals surface area contributed by atoms with E-state index in [0.717, 1.165) is 22.3 Å². The average Bonchev–Trinajstić information content (AvgIpc) is 3.39. The Kier molecular flexibility index (Phi) is 13.3. The van der Waals surface area contributed by atoms with Crippen LogP contribution in [0.15, 0.2) is 58.6 Å². The summed E-state index contributed by atoms with van der Waals surface area (Å²) >= 11 is 1.19. The number of carbonyl (C=O) groups excluding carboxylic acids is 3. The van der Waals surface area contributed by atoms with Gasteiger partial charge in [-0.1, -0.05) is 53.6 Å². The second-order valence-corrected chi connectivity index (χ2v) is 12.6. The van der Waals surface area contributed by atoms with Crippen molar-refractivity contribution < 1.29 is 34.1 Å². The molecule has 2 aromatic carbocycles. The van der Waals surface area contributed by atoms with Crippen LogP contribution in [-0.2, 0) is 19.1 Å². The molecule has 17 heteroatoms. The third-order valence-electron chi connectivity index (χ3n) is 8.08. The van der Waals surface area contributed by atoms with Gasteiger partial charge in [-0.25, -0.2) is 4.79 Å². The summed E-state index contributed by atoms with van der Waals surface area (Å²) in [4.78, 5) is 44.7. The molecule has 2 aliphatic rings. The van der Waals surface area contributed by atoms with Crippen molar-refractivity contribution in [3.05, 3.63) is 70.1 Å². The molecule has 258 valence electrons. The molecule has 1 fully saturated rings. The summed E-state index contributed by atoms with van der Waals surface area (Å²) < 4.78 is 11.6. The van der Waals surface area contributed by atoms with Crippen LogP contribution in [-0.4, -0.2) is 95.4 Å². The molecular formula is C31H41N9O7S. The van der Waals surface area contributed by atoms with Crippen molar-refractivity contribution in [1.82, 2.24) is 10.6 Å². The number of amides is 3. The maximum atomic E-state index is 13.7. The van der Waals surface area contributed by atoms with Gasteiger partial charge in [-0.15, -0.1) is 11.8 Å². The number of thioether (sulfide) groups is 1. The van der Waals surface area contributed by atoms with Gasteiger partial charge in [0.2, 0.25) is 11.8 Å². The third-order valence-corrected chi connectivity index (χ3v) is 9.34. The number of fused-ring (bicyclic) bond motifs is 3. The van der Waals surface area contributed by atoms with E-state index < -0.39 is 53.7 Å². The largest absolute Gasteiger partial charge is 0.449 e. The van der Waals surface area contributed by atoms with Gasteiger partial charge in [-0.2, -0.15) is 0 Å². The fourth-order valence-electron chi connectivity index (χ4n) is 5.76. The lowest BCUT2D eigenvalue weighted by molar-refractivity contribution is -0.161. The summed E-state index contributed by atoms with van der Waals surface area (Å²) in [6.45, 7) is -0.0452. The molecule has 1 aliphatic carbocycles. The van der Waals surface area contributed by atoms with E-state index in [-0.39, 0.29) is 44.4 Å². The van der Waals surface area contributed by atoms with E-state index in [4.69, 9.17) is 32.2 Å². The first-order valence-electron chi connectivity index (χ1n) is 15.5. The molecule has 16 nitrogen and oxygen atoms in total. The number of benzene rings is 2. The number of ether oxygens (including phenoxy) is 2. The van der Waals surface area contributed by atoms with Gasteiger partial charge in [0.25, 0.3) is 0 Å². The van der Waals surface area contributed by atoms with Crippen molar-refractivity contribution in [2.75, 3.05) is 25.4 Å². The SMILES string of the molecule is [N-]=[N+]=NC[C@H]1O[C@H](SCCCC(N)=O)[C@H](NC(=O)[C@H](CCCN=C(N)N)NC(=O)OCC2c3ccccc3-c3ccccc32)[C@@H](O)[C@H]1O. The maximum Gasteiger partial charge on any atom is 0.407 e. The highest BCUT2D eigenvalue weighted by molar-refractivity contribution is 7.99. The van der Waals surface area contributed by atoms with Crippen molar-refractivity contribution in [1.29, 1.82) is 0 Å². The molecule has 1 saturated heterocycles. The molecule has 3 amide bonds. The minimum atomic E-state index is -1.52. The van der Waals surface area contributed by atoms with Crippen LogP contribution in [0.5, 0.6) is 0 Å². The molecule has 48 heavy (non-hydrogen) atoms. The highest BCUT2D eigenvalue weighted by Gasteiger charge is 2.45. The van der Waals surface area contributed by atoms with Crippen LogP contribution in [0.2, 0.25) is 0 Å². The van der Waals surface area contributed by atoms with Crippen molar-refractivity contribution >= 4 is 35.6 Å². The number of rotatable bonds is 16. The molecule has 4 rings (SSSR count). The molecule has 1 aliphatic heterocycles. The van der Waals surface area contributed by atoms with Crippen LogP contribution in [0.1, 0.15) is 42.7 Å². The maximum absolute atomic E-state index is 13.7. The summed E-state index contributed by atoms with van der Waals surface area (Å²) in [5.74, 6) is -1.10. The molecule has 0 spiro atoms. The molecule has 1 heterocycles. The number of aliphatic hydroxyl groups excluding tert-OH is 2. The third kappa shape index (κ3) is 9.51. The second-order valence-electron chi connectivity index (χ2n) is 11.4. The van der Waals surface area contributed by atoms with Crippen molar-refractivity contribution in [2.45, 2.75) is 67.4 Å². The van der Waals surface area contributed by atoms with E-state index in [2.05, 4.69) is 25.7 Å². The van der Waals surface area contributed by atoms with Crippen LogP contribution in [0.4, 0.5) is 4.79 Å². The van der Waals surface area contributed by atoms with Crippen LogP contribution >= 0.6 is 11.8 Å². The lowest BCUT2D eigenvalue weighted by Crippen LogP contribution is -2.65. The number of hydrogen-bond acceptors (Lipinski definition) is 10. The van der Waals surface area contributed by atoms with Crippen LogP contribution < -0.4 is 27.8 Å². The van der Waals surface area contributed by atoms with E-state index in [1.807, 2.05) is 48.5 Å². The lowest BCUT2D eigenvalue weighted by Gasteiger charge is -2.43. The highest BCUT2D eigenvalue weighted by atomic mass is 32.2. The van der Waals surface area contributed by atoms with Gasteiger partial charge in [0.15, 0.2) is 5.96 Å². The normalized spacial score (nSPS) is 21.9. The summed E-state index contributed by atoms with van der Waals surface area (Å²) in [6.07, 6.45) is -3.97. The zero-order chi connectivity index (χ0) is 34.6. The number of nitrogens with one attached hydrogen (secondary N) is 2. The molecule has 0 unspecified atom stereocenters. The summed E-state index contributed by atoms with van der Waals surface area (Å²) in [5.41, 5.74) is 28.1. The van der Waals surface area contributed by atoms with Crippen molar-refractivity contribution in [3.8, 4) is 11.1 Å². The Bertz CT molecular complexity index is 1470. The smallest absolute Gasteiger partial charge is 0.407 e. The number of guanidine groups is 1. The zero-order valence-electron chi connectivity index (χ0n) is 26.2. The molecule has 0 bridgehead atoms. The first-order valence-corrected chi connectivity index (χ1v) is 16.5. The molecule has 0 aromatic heterocycles. The van der Waals surface area contributed by atoms with E-state index in [0.29, 0.717) is 18.6 Å². The standard InChI is InChI=1S/C31H41N9O7S/c32-24(41)12-6-14-48-29-25(27(43)26(42)23(47-29)15-37-40-35)39-28(44)22(11-5-13-36-30(33)34)38-31(45)46-16-21-19-9-3-1-7-17(19)18-8-2-4-10-20(18)21/h1-4,7-10,21-23,25-27,29,42-43H,5-6,11-16H2,(H2,32,41)(H,38,45)(H,39,44)(H4,33,34,36)/t22-,23+,25+,26-,27+,29+/m0/s1. The van der Waals surface area contributed by atoms with E-state index in [1.54, 1.807) is 0 Å². The monoisotopic (exact) mass is 683 g/mol. The Morgan fingerprint density at radius 1 is 1.02 bits per heavy atom. The van der Waals surface area contributed by atoms with Crippen LogP contribution in [0, 0.1) is 0 Å². The van der Waals surface area contributed by atoms with E-state index >= 15 is 0 Å². The molecule has 6 atom stereocenters. The Labute approximate surface area is 281 Å². The van der Waals surface area contributed by atoms with Gasteiger partial charge in [0.05, 0.1) is 18.7 Å². The Hall–Kier alpha value is -4.54. The number of aliphatic imine (C=N–C) groups is 1. The van der Waals surface area contributed by atoms with E-state index in [1.165, 1.54) is 11.8 Å². The molecule has 2 aromatic rings. The first-order chi connectivity index (χ1) is 23.1. The number of nitrogens with zero attached hydrogens (tertiary/aromatic N) is 4. The predicted octanol–water partition coefficient (Wildman–Crippen LogP) is 1.19. The van der Waals surface area contributed by atoms with Gasteiger partial charge in [-0.05, 0) is 52.8 Å². The zero-order valence-corrected chi connectivity index (χ0v) is 27.0. The van der Waals surface area contributed by atoms with Crippen molar-refractivity contribution in [2.24, 2.45) is 27.3 Å². The minimum Gasteiger partial charge on any atom is -0.449 e. The number of hydrogen-bond donors (Lipinski definition) is 7.